The summed E-state index contributed by atoms with van der Waals surface area (Å²) < 4.78 is 0. The van der Waals surface area contributed by atoms with Gasteiger partial charge in [-0.1, -0.05) is 18.2 Å². The van der Waals surface area contributed by atoms with Gasteiger partial charge >= 0.3 is 0 Å². The third-order valence-corrected chi connectivity index (χ3v) is 6.72. The number of amides is 3. The lowest BCUT2D eigenvalue weighted by molar-refractivity contribution is -0.141. The number of piperazine rings is 1. The Hall–Kier alpha value is -2.70. The average Bonchev–Trinajstić information content (AvgIpc) is 3.41. The number of hydrogen-bond acceptors (Lipinski definition) is 5. The summed E-state index contributed by atoms with van der Waals surface area (Å²) in [6.07, 6.45) is 7.09. The van der Waals surface area contributed by atoms with Gasteiger partial charge in [0.1, 0.15) is 5.82 Å². The highest BCUT2D eigenvalue weighted by molar-refractivity contribution is 6.06. The lowest BCUT2D eigenvalue weighted by Gasteiger charge is -2.35. The molecule has 146 valence electrons. The van der Waals surface area contributed by atoms with Gasteiger partial charge in [-0.2, -0.15) is 0 Å². The first-order valence-corrected chi connectivity index (χ1v) is 10.1. The predicted octanol–water partition coefficient (Wildman–Crippen LogP) is 0.927. The van der Waals surface area contributed by atoms with Crippen molar-refractivity contribution in [2.24, 2.45) is 23.7 Å². The molecule has 7 nitrogen and oxygen atoms in total. The second-order valence-electron chi connectivity index (χ2n) is 8.13. The molecule has 3 fully saturated rings. The van der Waals surface area contributed by atoms with Crippen LogP contribution in [0.5, 0.6) is 0 Å². The maximum Gasteiger partial charge on any atom is 0.233 e. The van der Waals surface area contributed by atoms with E-state index in [1.54, 1.807) is 6.20 Å². The van der Waals surface area contributed by atoms with Crippen LogP contribution < -0.4 is 4.90 Å². The monoisotopic (exact) mass is 380 g/mol. The van der Waals surface area contributed by atoms with Crippen LogP contribution in [0.15, 0.2) is 36.5 Å². The molecule has 3 amide bonds. The molecule has 0 N–H and O–H groups in total. The van der Waals surface area contributed by atoms with E-state index in [4.69, 9.17) is 0 Å². The first kappa shape index (κ1) is 17.4. The third-order valence-electron chi connectivity index (χ3n) is 6.72. The fourth-order valence-corrected chi connectivity index (χ4v) is 5.28. The van der Waals surface area contributed by atoms with E-state index < -0.39 is 0 Å². The smallest absolute Gasteiger partial charge is 0.233 e. The number of imide groups is 1. The maximum absolute atomic E-state index is 12.7. The normalized spacial score (nSPS) is 31.1. The molecule has 2 aliphatic carbocycles. The largest absolute Gasteiger partial charge is 0.353 e. The van der Waals surface area contributed by atoms with E-state index in [0.717, 1.165) is 25.3 Å². The Balaban J connectivity index is 1.15. The molecule has 1 aromatic rings. The molecule has 0 radical (unpaired) electrons. The maximum atomic E-state index is 12.7. The SMILES string of the molecule is O=C(CCN1C(=O)[C@@H]2[C@@H](C1=O)[C@H]1C=C[C@H]2C1)N1CCN(c2ccccn2)CC1. The van der Waals surface area contributed by atoms with Crippen LogP contribution in [0.1, 0.15) is 12.8 Å². The molecule has 28 heavy (non-hydrogen) atoms. The summed E-state index contributed by atoms with van der Waals surface area (Å²) in [6.45, 7) is 2.96. The fourth-order valence-electron chi connectivity index (χ4n) is 5.28. The molecule has 4 aliphatic rings. The number of likely N-dealkylation sites (tertiary alicyclic amines) is 1. The average molecular weight is 380 g/mol. The number of allylic oxidation sites excluding steroid dienone is 2. The van der Waals surface area contributed by atoms with Gasteiger partial charge < -0.3 is 9.80 Å². The Morgan fingerprint density at radius 1 is 1.00 bits per heavy atom. The van der Waals surface area contributed by atoms with Crippen LogP contribution in [-0.2, 0) is 14.4 Å². The Morgan fingerprint density at radius 3 is 2.29 bits per heavy atom. The fraction of sp³-hybridized carbons (Fsp3) is 0.524. The highest BCUT2D eigenvalue weighted by atomic mass is 16.2. The van der Waals surface area contributed by atoms with Crippen LogP contribution in [0.2, 0.25) is 0 Å². The molecule has 4 atom stereocenters. The van der Waals surface area contributed by atoms with Gasteiger partial charge in [-0.25, -0.2) is 4.98 Å². The lowest BCUT2D eigenvalue weighted by atomic mass is 9.85. The zero-order valence-electron chi connectivity index (χ0n) is 15.7. The van der Waals surface area contributed by atoms with Crippen LogP contribution in [0, 0.1) is 23.7 Å². The number of carbonyl (C=O) groups is 3. The van der Waals surface area contributed by atoms with Crippen LogP contribution in [0.4, 0.5) is 5.82 Å². The van der Waals surface area contributed by atoms with Crippen LogP contribution in [0.3, 0.4) is 0 Å². The highest BCUT2D eigenvalue weighted by Gasteiger charge is 2.59. The molecule has 1 aromatic heterocycles. The van der Waals surface area contributed by atoms with Crippen molar-refractivity contribution in [1.29, 1.82) is 0 Å². The van der Waals surface area contributed by atoms with E-state index in [1.807, 2.05) is 23.1 Å². The summed E-state index contributed by atoms with van der Waals surface area (Å²) in [5, 5.41) is 0. The molecular formula is C21H24N4O3. The second kappa shape index (κ2) is 6.72. The van der Waals surface area contributed by atoms with Gasteiger partial charge in [-0.05, 0) is 30.4 Å². The van der Waals surface area contributed by atoms with Crippen molar-refractivity contribution in [2.45, 2.75) is 12.8 Å². The molecule has 1 saturated carbocycles. The van der Waals surface area contributed by atoms with Gasteiger partial charge in [0.15, 0.2) is 0 Å². The molecule has 3 heterocycles. The number of aromatic nitrogens is 1. The number of nitrogens with zero attached hydrogens (tertiary/aromatic N) is 4. The van der Waals surface area contributed by atoms with Crippen molar-refractivity contribution in [2.75, 3.05) is 37.6 Å². The van der Waals surface area contributed by atoms with Gasteiger partial charge in [0.2, 0.25) is 17.7 Å². The zero-order valence-corrected chi connectivity index (χ0v) is 15.7. The van der Waals surface area contributed by atoms with Gasteiger partial charge in [-0.3, -0.25) is 19.3 Å². The molecule has 2 saturated heterocycles. The van der Waals surface area contributed by atoms with Crippen LogP contribution in [0.25, 0.3) is 0 Å². The Kier molecular flexibility index (Phi) is 4.18. The Labute approximate surface area is 164 Å². The number of fused-ring (bicyclic) bond motifs is 5. The van der Waals surface area contributed by atoms with E-state index in [2.05, 4.69) is 22.0 Å². The quantitative estimate of drug-likeness (QED) is 0.574. The van der Waals surface area contributed by atoms with Gasteiger partial charge in [0.25, 0.3) is 0 Å². The summed E-state index contributed by atoms with van der Waals surface area (Å²) in [6, 6.07) is 5.82. The Morgan fingerprint density at radius 2 is 1.68 bits per heavy atom. The Bertz CT molecular complexity index is 801. The van der Waals surface area contributed by atoms with Crippen molar-refractivity contribution in [1.82, 2.24) is 14.8 Å². The predicted molar refractivity (Wildman–Crippen MR) is 102 cm³/mol. The third kappa shape index (κ3) is 2.72. The van der Waals surface area contributed by atoms with Crippen molar-refractivity contribution < 1.29 is 14.4 Å². The number of hydrogen-bond donors (Lipinski definition) is 0. The molecular weight excluding hydrogens is 356 g/mol. The van der Waals surface area contributed by atoms with E-state index >= 15 is 0 Å². The standard InChI is InChI=1S/C21H24N4O3/c26-17(24-11-9-23(10-12-24)16-3-1-2-7-22-16)6-8-25-20(27)18-14-4-5-15(13-14)19(18)21(25)28/h1-5,7,14-15,18-19H,6,8-13H2/t14-,15-,18-,19-/m0/s1. The second-order valence-corrected chi connectivity index (χ2v) is 8.13. The van der Waals surface area contributed by atoms with E-state index in [9.17, 15) is 14.4 Å². The van der Waals surface area contributed by atoms with Crippen molar-refractivity contribution in [3.05, 3.63) is 36.5 Å². The molecule has 0 aromatic carbocycles. The molecule has 0 unspecified atom stereocenters. The molecule has 5 rings (SSSR count). The summed E-state index contributed by atoms with van der Waals surface area (Å²) >= 11 is 0. The minimum Gasteiger partial charge on any atom is -0.353 e. The van der Waals surface area contributed by atoms with Gasteiger partial charge in [0.05, 0.1) is 11.8 Å². The minimum absolute atomic E-state index is 0.0134. The van der Waals surface area contributed by atoms with Crippen molar-refractivity contribution in [3.8, 4) is 0 Å². The lowest BCUT2D eigenvalue weighted by Crippen LogP contribution is -2.49. The van der Waals surface area contributed by atoms with Crippen LogP contribution >= 0.6 is 0 Å². The first-order chi connectivity index (χ1) is 13.6. The molecule has 2 aliphatic heterocycles. The summed E-state index contributed by atoms with van der Waals surface area (Å²) in [7, 11) is 0. The topological polar surface area (TPSA) is 73.8 Å². The van der Waals surface area contributed by atoms with E-state index in [-0.39, 0.29) is 54.4 Å². The molecule has 0 spiro atoms. The first-order valence-electron chi connectivity index (χ1n) is 10.1. The van der Waals surface area contributed by atoms with Crippen LogP contribution in [-0.4, -0.2) is 65.2 Å². The van der Waals surface area contributed by atoms with Gasteiger partial charge in [0, 0.05) is 45.3 Å². The van der Waals surface area contributed by atoms with Gasteiger partial charge in [-0.15, -0.1) is 0 Å². The van der Waals surface area contributed by atoms with Crippen molar-refractivity contribution >= 4 is 23.5 Å². The summed E-state index contributed by atoms with van der Waals surface area (Å²) in [5.41, 5.74) is 0. The minimum atomic E-state index is -0.181. The van der Waals surface area contributed by atoms with E-state index in [1.165, 1.54) is 4.90 Å². The highest BCUT2D eigenvalue weighted by Crippen LogP contribution is 2.52. The number of rotatable bonds is 4. The number of carbonyl (C=O) groups excluding carboxylic acids is 3. The molecule has 2 bridgehead atoms. The summed E-state index contributed by atoms with van der Waals surface area (Å²) in [4.78, 5) is 47.8. The zero-order chi connectivity index (χ0) is 19.3. The van der Waals surface area contributed by atoms with E-state index in [0.29, 0.717) is 13.1 Å². The number of anilines is 1. The number of pyridine rings is 1. The van der Waals surface area contributed by atoms with Crippen molar-refractivity contribution in [3.63, 3.8) is 0 Å². The molecule has 7 heteroatoms. The summed E-state index contributed by atoms with van der Waals surface area (Å²) in [5.74, 6) is 0.869.